The summed E-state index contributed by atoms with van der Waals surface area (Å²) in [6.45, 7) is 14.5. The molecule has 1 unspecified atom stereocenters. The average molecular weight is 354 g/mol. The maximum Gasteiger partial charge on any atom is 0.318 e. The highest BCUT2D eigenvalue weighted by molar-refractivity contribution is 5.80. The van der Waals surface area contributed by atoms with E-state index in [0.717, 1.165) is 16.7 Å². The first-order valence-electron chi connectivity index (χ1n) is 9.06. The third kappa shape index (κ3) is 4.46. The second-order valence-corrected chi connectivity index (χ2v) is 8.92. The van der Waals surface area contributed by atoms with Gasteiger partial charge in [-0.25, -0.2) is 0 Å². The van der Waals surface area contributed by atoms with Crippen LogP contribution in [0.1, 0.15) is 71.1 Å². The number of carbonyl (C=O) groups excluding carboxylic acids is 1. The van der Waals surface area contributed by atoms with Gasteiger partial charge in [-0.1, -0.05) is 71.9 Å². The number of hydrogen-bond donors (Lipinski definition) is 1. The molecule has 0 aliphatic rings. The molecule has 0 heterocycles. The topological polar surface area (TPSA) is 46.5 Å². The molecule has 2 aromatic rings. The van der Waals surface area contributed by atoms with Gasteiger partial charge in [0.2, 0.25) is 0 Å². The summed E-state index contributed by atoms with van der Waals surface area (Å²) in [7, 11) is 0. The number of phenolic OH excluding ortho intramolecular Hbond substituents is 1. The van der Waals surface area contributed by atoms with Crippen LogP contribution in [-0.4, -0.2) is 11.1 Å². The fourth-order valence-corrected chi connectivity index (χ4v) is 2.92. The molecule has 0 bridgehead atoms. The van der Waals surface area contributed by atoms with Gasteiger partial charge in [0.1, 0.15) is 11.5 Å². The zero-order valence-electron chi connectivity index (χ0n) is 16.9. The zero-order valence-corrected chi connectivity index (χ0v) is 16.9. The number of hydrogen-bond acceptors (Lipinski definition) is 3. The monoisotopic (exact) mass is 354 g/mol. The summed E-state index contributed by atoms with van der Waals surface area (Å²) in [4.78, 5) is 12.9. The molecule has 0 fully saturated rings. The number of benzene rings is 2. The van der Waals surface area contributed by atoms with Crippen molar-refractivity contribution in [3.8, 4) is 11.5 Å². The number of aromatic hydroxyl groups is 1. The second-order valence-electron chi connectivity index (χ2n) is 8.92. The third-order valence-corrected chi connectivity index (χ3v) is 4.58. The lowest BCUT2D eigenvalue weighted by atomic mass is 9.79. The highest BCUT2D eigenvalue weighted by Crippen LogP contribution is 2.40. The van der Waals surface area contributed by atoms with E-state index in [2.05, 4.69) is 41.5 Å². The van der Waals surface area contributed by atoms with Gasteiger partial charge in [-0.05, 0) is 35.4 Å². The Bertz CT molecular complexity index is 742. The maximum absolute atomic E-state index is 12.9. The molecule has 140 valence electrons. The van der Waals surface area contributed by atoms with Crippen LogP contribution in [0.15, 0.2) is 42.5 Å². The lowest BCUT2D eigenvalue weighted by Crippen LogP contribution is -2.24. The molecular formula is C23H30O3. The van der Waals surface area contributed by atoms with Crippen LogP contribution in [-0.2, 0) is 15.6 Å². The first-order valence-corrected chi connectivity index (χ1v) is 9.06. The van der Waals surface area contributed by atoms with E-state index in [4.69, 9.17) is 4.74 Å². The van der Waals surface area contributed by atoms with Gasteiger partial charge in [0, 0.05) is 11.1 Å². The number of ether oxygens (including phenoxy) is 1. The van der Waals surface area contributed by atoms with Crippen molar-refractivity contribution in [1.29, 1.82) is 0 Å². The number of esters is 1. The minimum atomic E-state index is -0.420. The highest BCUT2D eigenvalue weighted by Gasteiger charge is 2.29. The molecule has 3 heteroatoms. The van der Waals surface area contributed by atoms with Crippen LogP contribution in [0.25, 0.3) is 0 Å². The van der Waals surface area contributed by atoms with Gasteiger partial charge in [0.15, 0.2) is 0 Å². The van der Waals surface area contributed by atoms with E-state index < -0.39 is 5.92 Å². The van der Waals surface area contributed by atoms with Gasteiger partial charge >= 0.3 is 5.97 Å². The summed E-state index contributed by atoms with van der Waals surface area (Å²) in [5, 5.41) is 9.45. The van der Waals surface area contributed by atoms with Crippen LogP contribution in [0.5, 0.6) is 11.5 Å². The molecule has 0 amide bonds. The van der Waals surface area contributed by atoms with Crippen molar-refractivity contribution in [3.63, 3.8) is 0 Å². The van der Waals surface area contributed by atoms with Crippen molar-refractivity contribution < 1.29 is 14.6 Å². The number of rotatable bonds is 3. The van der Waals surface area contributed by atoms with Gasteiger partial charge in [0.05, 0.1) is 5.92 Å². The van der Waals surface area contributed by atoms with Crippen LogP contribution >= 0.6 is 0 Å². The Hall–Kier alpha value is -2.29. The number of carbonyl (C=O) groups is 1. The van der Waals surface area contributed by atoms with Crippen LogP contribution < -0.4 is 4.74 Å². The first-order chi connectivity index (χ1) is 11.9. The van der Waals surface area contributed by atoms with Crippen molar-refractivity contribution in [3.05, 3.63) is 59.2 Å². The Morgan fingerprint density at radius 1 is 0.885 bits per heavy atom. The molecule has 0 aliphatic carbocycles. The predicted octanol–water partition coefficient (Wildman–Crippen LogP) is 5.70. The molecule has 26 heavy (non-hydrogen) atoms. The van der Waals surface area contributed by atoms with Crippen molar-refractivity contribution in [1.82, 2.24) is 0 Å². The van der Waals surface area contributed by atoms with E-state index in [9.17, 15) is 9.90 Å². The van der Waals surface area contributed by atoms with E-state index in [0.29, 0.717) is 5.75 Å². The lowest BCUT2D eigenvalue weighted by molar-refractivity contribution is -0.135. The molecule has 2 aromatic carbocycles. The van der Waals surface area contributed by atoms with Crippen LogP contribution in [0.4, 0.5) is 0 Å². The summed E-state index contributed by atoms with van der Waals surface area (Å²) in [5.41, 5.74) is 2.59. The Labute approximate surface area is 157 Å². The van der Waals surface area contributed by atoms with E-state index >= 15 is 0 Å². The molecule has 0 radical (unpaired) electrons. The molecule has 1 atom stereocenters. The fourth-order valence-electron chi connectivity index (χ4n) is 2.92. The van der Waals surface area contributed by atoms with Crippen LogP contribution in [0, 0.1) is 0 Å². The Morgan fingerprint density at radius 3 is 1.77 bits per heavy atom. The largest absolute Gasteiger partial charge is 0.508 e. The van der Waals surface area contributed by atoms with Crippen molar-refractivity contribution in [2.45, 2.75) is 65.2 Å². The molecule has 0 saturated carbocycles. The smallest absolute Gasteiger partial charge is 0.318 e. The van der Waals surface area contributed by atoms with Gasteiger partial charge in [-0.2, -0.15) is 0 Å². The van der Waals surface area contributed by atoms with Crippen molar-refractivity contribution >= 4 is 5.97 Å². The number of phenols is 1. The second kappa shape index (κ2) is 7.14. The van der Waals surface area contributed by atoms with Gasteiger partial charge in [-0.15, -0.1) is 0 Å². The van der Waals surface area contributed by atoms with Crippen LogP contribution in [0.2, 0.25) is 0 Å². The summed E-state index contributed by atoms with van der Waals surface area (Å²) in [6.07, 6.45) is 0. The minimum absolute atomic E-state index is 0.140. The first kappa shape index (κ1) is 20.0. The zero-order chi connectivity index (χ0) is 19.7. The molecule has 1 N–H and O–H groups in total. The highest BCUT2D eigenvalue weighted by atomic mass is 16.5. The molecule has 0 spiro atoms. The standard InChI is InChI=1S/C23H30O3/c1-15(16-11-13-17(24)14-12-16)21(25)26-20-18(22(2,3)4)9-8-10-19(20)23(5,6)7/h8-15,24H,1-7H3. The van der Waals surface area contributed by atoms with E-state index in [1.165, 1.54) is 0 Å². The summed E-state index contributed by atoms with van der Waals surface area (Å²) in [5.74, 6) is 0.139. The number of para-hydroxylation sites is 1. The summed E-state index contributed by atoms with van der Waals surface area (Å²) < 4.78 is 5.97. The molecule has 2 rings (SSSR count). The molecule has 0 saturated heterocycles. The molecule has 3 nitrogen and oxygen atoms in total. The van der Waals surface area contributed by atoms with E-state index in [1.807, 2.05) is 25.1 Å². The van der Waals surface area contributed by atoms with Gasteiger partial charge in [-0.3, -0.25) is 4.79 Å². The predicted molar refractivity (Wildman–Crippen MR) is 106 cm³/mol. The normalized spacial score (nSPS) is 13.3. The van der Waals surface area contributed by atoms with E-state index in [1.54, 1.807) is 24.3 Å². The summed E-state index contributed by atoms with van der Waals surface area (Å²) >= 11 is 0. The van der Waals surface area contributed by atoms with E-state index in [-0.39, 0.29) is 22.5 Å². The average Bonchev–Trinajstić information content (AvgIpc) is 2.53. The Morgan fingerprint density at radius 2 is 1.35 bits per heavy atom. The molecular weight excluding hydrogens is 324 g/mol. The van der Waals surface area contributed by atoms with Crippen molar-refractivity contribution in [2.24, 2.45) is 0 Å². The van der Waals surface area contributed by atoms with Gasteiger partial charge < -0.3 is 9.84 Å². The fraction of sp³-hybridized carbons (Fsp3) is 0.435. The molecule has 0 aliphatic heterocycles. The Balaban J connectivity index is 2.44. The minimum Gasteiger partial charge on any atom is -0.508 e. The quantitative estimate of drug-likeness (QED) is 0.568. The van der Waals surface area contributed by atoms with Crippen LogP contribution in [0.3, 0.4) is 0 Å². The third-order valence-electron chi connectivity index (χ3n) is 4.58. The SMILES string of the molecule is CC(C(=O)Oc1c(C(C)(C)C)cccc1C(C)(C)C)c1ccc(O)cc1. The Kier molecular flexibility index (Phi) is 5.50. The van der Waals surface area contributed by atoms with Crippen molar-refractivity contribution in [2.75, 3.05) is 0 Å². The summed E-state index contributed by atoms with van der Waals surface area (Å²) in [6, 6.07) is 12.8. The van der Waals surface area contributed by atoms with Gasteiger partial charge in [0.25, 0.3) is 0 Å². The lowest BCUT2D eigenvalue weighted by Gasteiger charge is -2.29. The molecule has 0 aromatic heterocycles. The maximum atomic E-state index is 12.9.